The molecule has 4 fully saturated rings. The Morgan fingerprint density at radius 2 is 1.80 bits per heavy atom. The number of hydrogen-bond donors (Lipinski definition) is 3. The molecular formula is C35H52BN5O5. The van der Waals surface area contributed by atoms with Crippen LogP contribution in [0.15, 0.2) is 30.3 Å². The Morgan fingerprint density at radius 1 is 1.09 bits per heavy atom. The molecule has 2 aromatic rings. The summed E-state index contributed by atoms with van der Waals surface area (Å²) >= 11 is 0. The number of nitrogens with zero attached hydrogens (tertiary/aromatic N) is 2. The molecule has 10 nitrogen and oxygen atoms in total. The summed E-state index contributed by atoms with van der Waals surface area (Å²) in [5, 5.41) is 13.1. The number of rotatable bonds is 13. The number of carbonyl (C=O) groups excluding carboxylic acids is 3. The Bertz CT molecular complexity index is 1420. The van der Waals surface area contributed by atoms with Crippen molar-refractivity contribution in [3.05, 3.63) is 52.8 Å². The second-order valence-electron chi connectivity index (χ2n) is 14.9. The molecular weight excluding hydrogens is 581 g/mol. The molecule has 1 aliphatic heterocycles. The van der Waals surface area contributed by atoms with Gasteiger partial charge in [0.1, 0.15) is 11.7 Å². The monoisotopic (exact) mass is 633 g/mol. The zero-order valence-corrected chi connectivity index (χ0v) is 28.8. The van der Waals surface area contributed by atoms with Gasteiger partial charge in [-0.2, -0.15) is 5.10 Å². The van der Waals surface area contributed by atoms with Gasteiger partial charge in [0.2, 0.25) is 5.91 Å². The second-order valence-corrected chi connectivity index (χ2v) is 14.9. The first-order valence-corrected chi connectivity index (χ1v) is 17.0. The summed E-state index contributed by atoms with van der Waals surface area (Å²) in [6, 6.07) is 8.11. The molecule has 3 amide bonds. The number of hydrogen-bond acceptors (Lipinski definition) is 6. The molecule has 3 saturated carbocycles. The van der Waals surface area contributed by atoms with Gasteiger partial charge >= 0.3 is 7.12 Å². The largest absolute Gasteiger partial charge is 0.481 e. The predicted octanol–water partition coefficient (Wildman–Crippen LogP) is 4.40. The first-order valence-electron chi connectivity index (χ1n) is 17.0. The van der Waals surface area contributed by atoms with Crippen molar-refractivity contribution in [1.29, 1.82) is 0 Å². The van der Waals surface area contributed by atoms with Gasteiger partial charge < -0.3 is 25.3 Å². The minimum absolute atomic E-state index is 0.0155. The highest BCUT2D eigenvalue weighted by Gasteiger charge is 2.68. The maximum absolute atomic E-state index is 14.0. The Morgan fingerprint density at radius 3 is 2.41 bits per heavy atom. The van der Waals surface area contributed by atoms with Gasteiger partial charge in [0.25, 0.3) is 11.8 Å². The molecule has 3 aliphatic carbocycles. The van der Waals surface area contributed by atoms with Crippen LogP contribution in [-0.4, -0.2) is 64.9 Å². The summed E-state index contributed by atoms with van der Waals surface area (Å²) in [6.07, 6.45) is 5.83. The van der Waals surface area contributed by atoms with Crippen LogP contribution in [0.5, 0.6) is 0 Å². The van der Waals surface area contributed by atoms with E-state index in [0.717, 1.165) is 37.7 Å². The predicted molar refractivity (Wildman–Crippen MR) is 178 cm³/mol. The number of aryl methyl sites for hydroxylation is 3. The van der Waals surface area contributed by atoms with Gasteiger partial charge in [0.15, 0.2) is 0 Å². The molecule has 0 radical (unpaired) electrons. The van der Waals surface area contributed by atoms with Gasteiger partial charge in [-0.1, -0.05) is 53.2 Å². The third-order valence-electron chi connectivity index (χ3n) is 10.7. The van der Waals surface area contributed by atoms with Crippen molar-refractivity contribution in [1.82, 2.24) is 25.7 Å². The van der Waals surface area contributed by atoms with E-state index in [0.29, 0.717) is 35.2 Å². The van der Waals surface area contributed by atoms with Crippen LogP contribution in [-0.2, 0) is 27.6 Å². The smallest absolute Gasteiger partial charge is 0.404 e. The van der Waals surface area contributed by atoms with Gasteiger partial charge in [-0.25, -0.2) is 0 Å². The Kier molecular flexibility index (Phi) is 10.0. The van der Waals surface area contributed by atoms with Crippen molar-refractivity contribution in [3.63, 3.8) is 0 Å². The number of aromatic nitrogens is 2. The molecule has 2 bridgehead atoms. The highest BCUT2D eigenvalue weighted by Crippen LogP contribution is 2.65. The van der Waals surface area contributed by atoms with Crippen LogP contribution in [0.25, 0.3) is 0 Å². The van der Waals surface area contributed by atoms with Crippen molar-refractivity contribution in [2.24, 2.45) is 30.2 Å². The number of amides is 3. The van der Waals surface area contributed by atoms with E-state index in [1.54, 1.807) is 25.2 Å². The lowest BCUT2D eigenvalue weighted by molar-refractivity contribution is -0.199. The molecule has 6 atom stereocenters. The minimum atomic E-state index is -1.04. The van der Waals surface area contributed by atoms with Crippen LogP contribution in [0.3, 0.4) is 0 Å². The van der Waals surface area contributed by atoms with Gasteiger partial charge in [0.05, 0.1) is 23.3 Å². The fourth-order valence-electron chi connectivity index (χ4n) is 7.86. The topological polar surface area (TPSA) is 124 Å². The highest BCUT2D eigenvalue weighted by molar-refractivity contribution is 6.48. The first kappa shape index (κ1) is 34.2. The summed E-state index contributed by atoms with van der Waals surface area (Å²) < 4.78 is 14.8. The Balaban J connectivity index is 1.32. The van der Waals surface area contributed by atoms with Crippen molar-refractivity contribution in [2.45, 2.75) is 111 Å². The Hall–Kier alpha value is -3.18. The summed E-state index contributed by atoms with van der Waals surface area (Å²) in [6.45, 7) is 14.9. The molecule has 11 heteroatoms. The van der Waals surface area contributed by atoms with Crippen LogP contribution >= 0.6 is 0 Å². The average Bonchev–Trinajstić information content (AvgIpc) is 3.54. The molecule has 1 aromatic carbocycles. The molecule has 1 saturated heterocycles. The Labute approximate surface area is 274 Å². The minimum Gasteiger partial charge on any atom is -0.404 e. The van der Waals surface area contributed by atoms with Crippen LogP contribution in [0.4, 0.5) is 0 Å². The molecule has 46 heavy (non-hydrogen) atoms. The van der Waals surface area contributed by atoms with E-state index < -0.39 is 30.6 Å². The maximum Gasteiger partial charge on any atom is 0.481 e. The lowest BCUT2D eigenvalue weighted by atomic mass is 9.43. The van der Waals surface area contributed by atoms with E-state index in [4.69, 9.17) is 9.31 Å². The van der Waals surface area contributed by atoms with Gasteiger partial charge in [-0.05, 0) is 92.9 Å². The molecule has 250 valence electrons. The molecule has 2 heterocycles. The summed E-state index contributed by atoms with van der Waals surface area (Å²) in [7, 11) is 1.09. The van der Waals surface area contributed by atoms with Crippen LogP contribution in [0.2, 0.25) is 0 Å². The number of nitrogens with one attached hydrogen (secondary N) is 3. The van der Waals surface area contributed by atoms with E-state index in [1.165, 1.54) is 4.68 Å². The summed E-state index contributed by atoms with van der Waals surface area (Å²) in [5.41, 5.74) is 2.49. The first-order chi connectivity index (χ1) is 21.7. The van der Waals surface area contributed by atoms with Crippen molar-refractivity contribution < 1.29 is 23.7 Å². The fraction of sp³-hybridized carbons (Fsp3) is 0.657. The lowest BCUT2D eigenvalue weighted by Crippen LogP contribution is -2.65. The van der Waals surface area contributed by atoms with Crippen molar-refractivity contribution >= 4 is 24.8 Å². The molecule has 6 rings (SSSR count). The van der Waals surface area contributed by atoms with E-state index in [-0.39, 0.29) is 35.8 Å². The fourth-order valence-corrected chi connectivity index (χ4v) is 7.86. The number of unbranched alkanes of at least 4 members (excludes halogenated alkanes) is 1. The lowest BCUT2D eigenvalue weighted by Gasteiger charge is -2.64. The maximum atomic E-state index is 14.0. The third-order valence-corrected chi connectivity index (χ3v) is 10.7. The van der Waals surface area contributed by atoms with Gasteiger partial charge in [-0.3, -0.25) is 19.1 Å². The molecule has 3 unspecified atom stereocenters. The van der Waals surface area contributed by atoms with Crippen LogP contribution in [0, 0.1) is 30.1 Å². The zero-order chi connectivity index (χ0) is 33.4. The van der Waals surface area contributed by atoms with Crippen LogP contribution < -0.4 is 16.0 Å². The highest BCUT2D eigenvalue weighted by atomic mass is 16.7. The van der Waals surface area contributed by atoms with Crippen molar-refractivity contribution in [3.8, 4) is 0 Å². The second kappa shape index (κ2) is 13.5. The summed E-state index contributed by atoms with van der Waals surface area (Å²) in [5.74, 6) is -0.333. The molecule has 3 N–H and O–H groups in total. The van der Waals surface area contributed by atoms with E-state index in [9.17, 15) is 14.4 Å². The van der Waals surface area contributed by atoms with Gasteiger partial charge in [0, 0.05) is 19.2 Å². The van der Waals surface area contributed by atoms with Crippen LogP contribution in [0.1, 0.15) is 106 Å². The van der Waals surface area contributed by atoms with Crippen molar-refractivity contribution in [2.75, 3.05) is 6.54 Å². The normalized spacial score (nSPS) is 25.8. The standard InChI is InChI=1S/C35H52BN5O5/c1-9-10-11-23-12-14-24(15-13-23)31(42)38-26(20-37-33(44)27-17-22(4)40-41(27)8)32(43)39-30(16-21(2)3)36-45-29-19-25-18-28(34(25,5)6)35(29,7)46-36/h12-15,17,21,25-26,28-30H,9-11,16,18-20H2,1-8H3,(H,37,44)(H,38,42)(H,39,43)/t25?,26-,28-,29?,30?,35-/m0/s1. The quantitative estimate of drug-likeness (QED) is 0.281. The third kappa shape index (κ3) is 6.91. The average molecular weight is 634 g/mol. The number of benzene rings is 1. The van der Waals surface area contributed by atoms with E-state index in [1.807, 2.05) is 19.1 Å². The van der Waals surface area contributed by atoms with Gasteiger partial charge in [-0.15, -0.1) is 0 Å². The molecule has 1 aromatic heterocycles. The molecule has 4 aliphatic rings. The van der Waals surface area contributed by atoms with E-state index >= 15 is 0 Å². The summed E-state index contributed by atoms with van der Waals surface area (Å²) in [4.78, 5) is 40.5. The van der Waals surface area contributed by atoms with E-state index in [2.05, 4.69) is 62.6 Å². The zero-order valence-electron chi connectivity index (χ0n) is 28.8. The number of carbonyl (C=O) groups is 3. The molecule has 0 spiro atoms. The SMILES string of the molecule is CCCCc1ccc(C(=O)N[C@@H](CNC(=O)c2cc(C)nn2C)C(=O)NC(CC(C)C)B2OC3CC4C[C@@H](C4(C)C)[C@]3(C)O2)cc1.